The summed E-state index contributed by atoms with van der Waals surface area (Å²) in [5.74, 6) is -0.409. The first-order chi connectivity index (χ1) is 7.27. The van der Waals surface area contributed by atoms with Crippen LogP contribution in [0.15, 0.2) is 42.5 Å². The highest BCUT2D eigenvalue weighted by atomic mass is 16.7. The summed E-state index contributed by atoms with van der Waals surface area (Å²) in [4.78, 5) is 11.2. The molecule has 0 aliphatic rings. The fraction of sp³-hybridized carbons (Fsp3) is 0.250. The number of benzene rings is 1. The molecular weight excluding hydrogens is 192 g/mol. The smallest absolute Gasteiger partial charge is 0.332 e. The molecule has 1 aromatic carbocycles. The molecule has 0 fully saturated rings. The van der Waals surface area contributed by atoms with Crippen LogP contribution in [0.25, 0.3) is 0 Å². The molecule has 0 aromatic heterocycles. The zero-order chi connectivity index (χ0) is 11.1. The predicted molar refractivity (Wildman–Crippen MR) is 57.1 cm³/mol. The minimum Gasteiger partial charge on any atom is -0.428 e. The van der Waals surface area contributed by atoms with Crippen molar-refractivity contribution in [1.82, 2.24) is 0 Å². The van der Waals surface area contributed by atoms with Gasteiger partial charge in [-0.2, -0.15) is 0 Å². The van der Waals surface area contributed by atoms with E-state index in [-0.39, 0.29) is 0 Å². The number of methoxy groups -OCH3 is 1. The third kappa shape index (κ3) is 3.56. The summed E-state index contributed by atoms with van der Waals surface area (Å²) in [5, 5.41) is 0. The summed E-state index contributed by atoms with van der Waals surface area (Å²) in [5.41, 5.74) is 0.817. The standard InChI is InChI=1S/C12H14O3/c1-3-7-11(13)15-12(14-2)10-8-5-4-6-9-10/h3-9,12H,1-2H3/b7-3+. The van der Waals surface area contributed by atoms with Crippen LogP contribution in [0, 0.1) is 0 Å². The fourth-order valence-electron chi connectivity index (χ4n) is 1.14. The molecule has 1 rings (SSSR count). The number of hydrogen-bond acceptors (Lipinski definition) is 3. The third-order valence-corrected chi connectivity index (χ3v) is 1.81. The SMILES string of the molecule is C/C=C/C(=O)OC(OC)c1ccccc1. The van der Waals surface area contributed by atoms with Crippen molar-refractivity contribution in [2.24, 2.45) is 0 Å². The van der Waals surface area contributed by atoms with Crippen molar-refractivity contribution < 1.29 is 14.3 Å². The van der Waals surface area contributed by atoms with Gasteiger partial charge in [-0.3, -0.25) is 0 Å². The zero-order valence-corrected chi connectivity index (χ0v) is 8.84. The van der Waals surface area contributed by atoms with Crippen molar-refractivity contribution in [3.63, 3.8) is 0 Å². The summed E-state index contributed by atoms with van der Waals surface area (Å²) in [6, 6.07) is 9.31. The molecule has 0 N–H and O–H groups in total. The van der Waals surface area contributed by atoms with Crippen molar-refractivity contribution in [3.05, 3.63) is 48.0 Å². The summed E-state index contributed by atoms with van der Waals surface area (Å²) in [6.45, 7) is 1.76. The van der Waals surface area contributed by atoms with E-state index >= 15 is 0 Å². The van der Waals surface area contributed by atoms with E-state index in [0.717, 1.165) is 5.56 Å². The van der Waals surface area contributed by atoms with Gasteiger partial charge in [0.2, 0.25) is 6.29 Å². The second-order valence-corrected chi connectivity index (χ2v) is 2.92. The average Bonchev–Trinajstić information content (AvgIpc) is 2.27. The molecular formula is C12H14O3. The summed E-state index contributed by atoms with van der Waals surface area (Å²) in [6.07, 6.45) is 2.34. The lowest BCUT2D eigenvalue weighted by atomic mass is 10.2. The Kier molecular flexibility index (Phi) is 4.57. The van der Waals surface area contributed by atoms with Crippen LogP contribution in [0.2, 0.25) is 0 Å². The molecule has 0 saturated carbocycles. The van der Waals surface area contributed by atoms with E-state index in [4.69, 9.17) is 9.47 Å². The topological polar surface area (TPSA) is 35.5 Å². The lowest BCUT2D eigenvalue weighted by molar-refractivity contribution is -0.169. The Morgan fingerprint density at radius 2 is 2.00 bits per heavy atom. The average molecular weight is 206 g/mol. The second kappa shape index (κ2) is 5.98. The third-order valence-electron chi connectivity index (χ3n) is 1.81. The maximum absolute atomic E-state index is 11.2. The Balaban J connectivity index is 2.69. The molecule has 1 aromatic rings. The number of carbonyl (C=O) groups excluding carboxylic acids is 1. The van der Waals surface area contributed by atoms with E-state index in [1.54, 1.807) is 13.0 Å². The van der Waals surface area contributed by atoms with Gasteiger partial charge < -0.3 is 9.47 Å². The molecule has 0 amide bonds. The van der Waals surface area contributed by atoms with Gasteiger partial charge in [0.1, 0.15) is 0 Å². The molecule has 1 unspecified atom stereocenters. The predicted octanol–water partition coefficient (Wildman–Crippen LogP) is 2.45. The minimum absolute atomic E-state index is 0.409. The summed E-state index contributed by atoms with van der Waals surface area (Å²) >= 11 is 0. The molecule has 80 valence electrons. The van der Waals surface area contributed by atoms with Crippen molar-refractivity contribution in [2.75, 3.05) is 7.11 Å². The van der Waals surface area contributed by atoms with Crippen molar-refractivity contribution in [1.29, 1.82) is 0 Å². The van der Waals surface area contributed by atoms with Gasteiger partial charge in [0.05, 0.1) is 0 Å². The first-order valence-corrected chi connectivity index (χ1v) is 4.69. The number of allylic oxidation sites excluding steroid dienone is 1. The van der Waals surface area contributed by atoms with Crippen LogP contribution in [0.4, 0.5) is 0 Å². The molecule has 3 nitrogen and oxygen atoms in total. The molecule has 0 bridgehead atoms. The van der Waals surface area contributed by atoms with Crippen LogP contribution in [0.1, 0.15) is 18.8 Å². The van der Waals surface area contributed by atoms with Gasteiger partial charge in [0, 0.05) is 18.7 Å². The first kappa shape index (κ1) is 11.5. The molecule has 0 heterocycles. The Bertz CT molecular complexity index is 330. The summed E-state index contributed by atoms with van der Waals surface area (Å²) in [7, 11) is 1.50. The van der Waals surface area contributed by atoms with Crippen LogP contribution in [-0.2, 0) is 14.3 Å². The van der Waals surface area contributed by atoms with Crippen LogP contribution in [-0.4, -0.2) is 13.1 Å². The van der Waals surface area contributed by atoms with E-state index in [2.05, 4.69) is 0 Å². The Labute approximate surface area is 89.3 Å². The Hall–Kier alpha value is -1.61. The van der Waals surface area contributed by atoms with Crippen LogP contribution in [0.3, 0.4) is 0 Å². The highest BCUT2D eigenvalue weighted by molar-refractivity contribution is 5.81. The molecule has 3 heteroatoms. The van der Waals surface area contributed by atoms with Gasteiger partial charge in [-0.15, -0.1) is 0 Å². The zero-order valence-electron chi connectivity index (χ0n) is 8.84. The van der Waals surface area contributed by atoms with Gasteiger partial charge in [0.15, 0.2) is 0 Å². The highest BCUT2D eigenvalue weighted by Crippen LogP contribution is 2.17. The number of carbonyl (C=O) groups is 1. The first-order valence-electron chi connectivity index (χ1n) is 4.69. The maximum Gasteiger partial charge on any atom is 0.332 e. The highest BCUT2D eigenvalue weighted by Gasteiger charge is 2.13. The van der Waals surface area contributed by atoms with E-state index in [9.17, 15) is 4.79 Å². The molecule has 0 aliphatic heterocycles. The van der Waals surface area contributed by atoms with Gasteiger partial charge in [-0.25, -0.2) is 4.79 Å². The molecule has 15 heavy (non-hydrogen) atoms. The van der Waals surface area contributed by atoms with Crippen LogP contribution >= 0.6 is 0 Å². The Morgan fingerprint density at radius 1 is 1.33 bits per heavy atom. The van der Waals surface area contributed by atoms with Gasteiger partial charge >= 0.3 is 5.97 Å². The lowest BCUT2D eigenvalue weighted by Crippen LogP contribution is -2.10. The number of ether oxygens (including phenoxy) is 2. The van der Waals surface area contributed by atoms with Gasteiger partial charge in [-0.1, -0.05) is 36.4 Å². The van der Waals surface area contributed by atoms with E-state index in [0.29, 0.717) is 0 Å². The molecule has 0 spiro atoms. The Morgan fingerprint density at radius 3 is 2.53 bits per heavy atom. The van der Waals surface area contributed by atoms with Gasteiger partial charge in [-0.05, 0) is 6.92 Å². The normalized spacial score (nSPS) is 12.7. The van der Waals surface area contributed by atoms with E-state index < -0.39 is 12.3 Å². The molecule has 0 radical (unpaired) electrons. The molecule has 0 aliphatic carbocycles. The van der Waals surface area contributed by atoms with Crippen LogP contribution < -0.4 is 0 Å². The quantitative estimate of drug-likeness (QED) is 0.431. The van der Waals surface area contributed by atoms with E-state index in [1.807, 2.05) is 30.3 Å². The number of esters is 1. The molecule has 1 atom stereocenters. The van der Waals surface area contributed by atoms with Crippen molar-refractivity contribution in [2.45, 2.75) is 13.2 Å². The minimum atomic E-state index is -0.644. The fourth-order valence-corrected chi connectivity index (χ4v) is 1.14. The van der Waals surface area contributed by atoms with Gasteiger partial charge in [0.25, 0.3) is 0 Å². The van der Waals surface area contributed by atoms with E-state index in [1.165, 1.54) is 13.2 Å². The number of hydrogen-bond donors (Lipinski definition) is 0. The number of rotatable bonds is 4. The molecule has 0 saturated heterocycles. The van der Waals surface area contributed by atoms with Crippen molar-refractivity contribution in [3.8, 4) is 0 Å². The largest absolute Gasteiger partial charge is 0.428 e. The monoisotopic (exact) mass is 206 g/mol. The van der Waals surface area contributed by atoms with Crippen LogP contribution in [0.5, 0.6) is 0 Å². The maximum atomic E-state index is 11.2. The second-order valence-electron chi connectivity index (χ2n) is 2.92. The lowest BCUT2D eigenvalue weighted by Gasteiger charge is -2.14. The van der Waals surface area contributed by atoms with Crippen molar-refractivity contribution >= 4 is 5.97 Å². The summed E-state index contributed by atoms with van der Waals surface area (Å²) < 4.78 is 10.2.